The third kappa shape index (κ3) is 6.45. The Morgan fingerprint density at radius 2 is 1.36 bits per heavy atom. The summed E-state index contributed by atoms with van der Waals surface area (Å²) in [6, 6.07) is 0. The minimum Gasteiger partial charge on any atom is -0.0654 e. The van der Waals surface area contributed by atoms with Crippen molar-refractivity contribution in [1.82, 2.24) is 0 Å². The van der Waals surface area contributed by atoms with Gasteiger partial charge in [0.25, 0.3) is 0 Å². The normalized spacial score (nSPS) is 12.4. The highest BCUT2D eigenvalue weighted by Crippen LogP contribution is 2.36. The van der Waals surface area contributed by atoms with Gasteiger partial charge in [-0.25, -0.2) is 0 Å². The minimum absolute atomic E-state index is 0.625. The van der Waals surface area contributed by atoms with Gasteiger partial charge in [0.2, 0.25) is 0 Å². The summed E-state index contributed by atoms with van der Waals surface area (Å²) in [7, 11) is 0. The van der Waals surface area contributed by atoms with Crippen molar-refractivity contribution in [2.24, 2.45) is 11.3 Å². The quantitative estimate of drug-likeness (QED) is 0.488. The summed E-state index contributed by atoms with van der Waals surface area (Å²) in [5.41, 5.74) is 0.625. The molecule has 0 rings (SSSR count). The molecule has 0 heteroatoms. The fraction of sp³-hybridized carbons (Fsp3) is 1.00. The molecule has 0 bridgehead atoms. The Balaban J connectivity index is 4.03. The van der Waals surface area contributed by atoms with Gasteiger partial charge in [-0.3, -0.25) is 0 Å². The summed E-state index contributed by atoms with van der Waals surface area (Å²) >= 11 is 0. The van der Waals surface area contributed by atoms with E-state index in [0.29, 0.717) is 5.41 Å². The van der Waals surface area contributed by atoms with Crippen molar-refractivity contribution in [3.63, 3.8) is 0 Å². The van der Waals surface area contributed by atoms with Gasteiger partial charge in [-0.15, -0.1) is 0 Å². The van der Waals surface area contributed by atoms with Gasteiger partial charge in [0.05, 0.1) is 0 Å². The minimum atomic E-state index is 0.625. The zero-order chi connectivity index (χ0) is 11.0. The second-order valence-electron chi connectivity index (χ2n) is 5.62. The molecule has 0 aromatic heterocycles. The highest BCUT2D eigenvalue weighted by atomic mass is 14.3. The average Bonchev–Trinajstić information content (AvgIpc) is 2.11. The molecule has 0 N–H and O–H groups in total. The van der Waals surface area contributed by atoms with Gasteiger partial charge < -0.3 is 0 Å². The molecule has 0 fully saturated rings. The molecule has 86 valence electrons. The van der Waals surface area contributed by atoms with Gasteiger partial charge in [-0.2, -0.15) is 0 Å². The maximum atomic E-state index is 2.50. The topological polar surface area (TPSA) is 0 Å². The molecule has 0 saturated carbocycles. The number of unbranched alkanes of at least 4 members (excludes halogenated alkanes) is 2. The van der Waals surface area contributed by atoms with Gasteiger partial charge in [0.1, 0.15) is 0 Å². The van der Waals surface area contributed by atoms with Gasteiger partial charge in [-0.05, 0) is 30.6 Å². The summed E-state index contributed by atoms with van der Waals surface area (Å²) in [5, 5.41) is 0. The fourth-order valence-electron chi connectivity index (χ4n) is 2.52. The van der Waals surface area contributed by atoms with Crippen LogP contribution in [0.25, 0.3) is 0 Å². The van der Waals surface area contributed by atoms with E-state index in [4.69, 9.17) is 0 Å². The van der Waals surface area contributed by atoms with E-state index in [2.05, 4.69) is 34.6 Å². The third-order valence-corrected chi connectivity index (χ3v) is 3.17. The predicted molar refractivity (Wildman–Crippen MR) is 66.6 cm³/mol. The van der Waals surface area contributed by atoms with Crippen molar-refractivity contribution in [1.29, 1.82) is 0 Å². The lowest BCUT2D eigenvalue weighted by Crippen LogP contribution is -2.19. The first-order chi connectivity index (χ1) is 6.54. The molecule has 0 amide bonds. The standard InChI is InChI=1S/C14H30/c1-6-8-10-14(5,11-9-7-2)12-13(3)4/h13H,6-12H2,1-5H3. The number of rotatable bonds is 8. The summed E-state index contributed by atoms with van der Waals surface area (Å²) in [5.74, 6) is 0.855. The molecule has 0 unspecified atom stereocenters. The first-order valence-corrected chi connectivity index (χ1v) is 6.54. The maximum absolute atomic E-state index is 2.50. The summed E-state index contributed by atoms with van der Waals surface area (Å²) in [4.78, 5) is 0. The van der Waals surface area contributed by atoms with E-state index in [1.165, 1.54) is 44.9 Å². The van der Waals surface area contributed by atoms with Crippen LogP contribution in [0.15, 0.2) is 0 Å². The van der Waals surface area contributed by atoms with Gasteiger partial charge >= 0.3 is 0 Å². The maximum Gasteiger partial charge on any atom is -0.0323 e. The SMILES string of the molecule is CCCCC(C)(CCCC)CC(C)C. The van der Waals surface area contributed by atoms with Crippen LogP contribution in [0.1, 0.15) is 79.6 Å². The van der Waals surface area contributed by atoms with Crippen LogP contribution in [0.2, 0.25) is 0 Å². The predicted octanol–water partition coefficient (Wildman–Crippen LogP) is 5.42. The van der Waals surface area contributed by atoms with E-state index in [0.717, 1.165) is 5.92 Å². The van der Waals surface area contributed by atoms with Crippen LogP contribution in [0, 0.1) is 11.3 Å². The Kier molecular flexibility index (Phi) is 7.31. The molecule has 0 radical (unpaired) electrons. The average molecular weight is 198 g/mol. The fourth-order valence-corrected chi connectivity index (χ4v) is 2.52. The molecule has 0 aromatic rings. The van der Waals surface area contributed by atoms with Gasteiger partial charge in [0.15, 0.2) is 0 Å². The lowest BCUT2D eigenvalue weighted by molar-refractivity contribution is 0.205. The molecular formula is C14H30. The van der Waals surface area contributed by atoms with Crippen LogP contribution in [0.5, 0.6) is 0 Å². The molecule has 0 heterocycles. The lowest BCUT2D eigenvalue weighted by Gasteiger charge is -2.31. The molecule has 0 nitrogen and oxygen atoms in total. The zero-order valence-electron chi connectivity index (χ0n) is 11.0. The molecule has 0 aliphatic carbocycles. The Morgan fingerprint density at radius 3 is 1.64 bits per heavy atom. The molecule has 0 saturated heterocycles. The van der Waals surface area contributed by atoms with Crippen LogP contribution in [0.3, 0.4) is 0 Å². The van der Waals surface area contributed by atoms with Crippen molar-refractivity contribution in [3.05, 3.63) is 0 Å². The highest BCUT2D eigenvalue weighted by Gasteiger charge is 2.23. The molecule has 0 aliphatic heterocycles. The van der Waals surface area contributed by atoms with Gasteiger partial charge in [0, 0.05) is 0 Å². The number of hydrogen-bond donors (Lipinski definition) is 0. The van der Waals surface area contributed by atoms with E-state index < -0.39 is 0 Å². The third-order valence-electron chi connectivity index (χ3n) is 3.17. The zero-order valence-corrected chi connectivity index (χ0v) is 11.0. The van der Waals surface area contributed by atoms with Crippen LogP contribution < -0.4 is 0 Å². The van der Waals surface area contributed by atoms with Crippen LogP contribution >= 0.6 is 0 Å². The molecule has 0 aliphatic rings. The first-order valence-electron chi connectivity index (χ1n) is 6.54. The van der Waals surface area contributed by atoms with E-state index in [-0.39, 0.29) is 0 Å². The van der Waals surface area contributed by atoms with Gasteiger partial charge in [-0.1, -0.05) is 60.3 Å². The second kappa shape index (κ2) is 7.31. The van der Waals surface area contributed by atoms with Crippen LogP contribution in [-0.4, -0.2) is 0 Å². The lowest BCUT2D eigenvalue weighted by atomic mass is 9.74. The molecule has 0 atom stereocenters. The Labute approximate surface area is 91.5 Å². The summed E-state index contributed by atoms with van der Waals surface area (Å²) in [6.45, 7) is 11.8. The Morgan fingerprint density at radius 1 is 0.929 bits per heavy atom. The van der Waals surface area contributed by atoms with Crippen molar-refractivity contribution in [2.45, 2.75) is 79.6 Å². The van der Waals surface area contributed by atoms with Crippen molar-refractivity contribution < 1.29 is 0 Å². The number of hydrogen-bond acceptors (Lipinski definition) is 0. The smallest absolute Gasteiger partial charge is 0.0323 e. The molecule has 0 spiro atoms. The molecule has 0 aromatic carbocycles. The monoisotopic (exact) mass is 198 g/mol. The van der Waals surface area contributed by atoms with Crippen molar-refractivity contribution in [2.75, 3.05) is 0 Å². The van der Waals surface area contributed by atoms with E-state index in [1.54, 1.807) is 0 Å². The summed E-state index contributed by atoms with van der Waals surface area (Å²) < 4.78 is 0. The Bertz CT molecular complexity index is 116. The first kappa shape index (κ1) is 14.0. The molecule has 14 heavy (non-hydrogen) atoms. The Hall–Kier alpha value is 0. The van der Waals surface area contributed by atoms with E-state index in [9.17, 15) is 0 Å². The van der Waals surface area contributed by atoms with Crippen molar-refractivity contribution in [3.8, 4) is 0 Å². The van der Waals surface area contributed by atoms with Crippen LogP contribution in [0.4, 0.5) is 0 Å². The largest absolute Gasteiger partial charge is 0.0654 e. The van der Waals surface area contributed by atoms with Crippen LogP contribution in [-0.2, 0) is 0 Å². The summed E-state index contributed by atoms with van der Waals surface area (Å²) in [6.07, 6.45) is 9.79. The van der Waals surface area contributed by atoms with Crippen molar-refractivity contribution >= 4 is 0 Å². The van der Waals surface area contributed by atoms with E-state index in [1.807, 2.05) is 0 Å². The van der Waals surface area contributed by atoms with E-state index >= 15 is 0 Å². The molecular weight excluding hydrogens is 168 g/mol. The highest BCUT2D eigenvalue weighted by molar-refractivity contribution is 4.75. The second-order valence-corrected chi connectivity index (χ2v) is 5.62.